The van der Waals surface area contributed by atoms with E-state index in [2.05, 4.69) is 4.90 Å². The molecular weight excluding hydrogens is 420 g/mol. The number of likely N-dealkylation sites (tertiary alicyclic amines) is 1. The smallest absolute Gasteiger partial charge is 0.337 e. The molecule has 1 unspecified atom stereocenters. The summed E-state index contributed by atoms with van der Waals surface area (Å²) in [6.45, 7) is 5.38. The van der Waals surface area contributed by atoms with Crippen molar-refractivity contribution in [1.82, 2.24) is 9.88 Å². The lowest BCUT2D eigenvalue weighted by Crippen LogP contribution is -2.37. The van der Waals surface area contributed by atoms with Crippen molar-refractivity contribution in [1.29, 1.82) is 0 Å². The molecule has 33 heavy (non-hydrogen) atoms. The van der Waals surface area contributed by atoms with E-state index in [1.54, 1.807) is 19.2 Å². The quantitative estimate of drug-likeness (QED) is 0.459. The number of nitrogens with zero attached hydrogens (tertiary/aromatic N) is 2. The Morgan fingerprint density at radius 3 is 2.52 bits per heavy atom. The maximum Gasteiger partial charge on any atom is 0.337 e. The normalized spacial score (nSPS) is 16.4. The Kier molecular flexibility index (Phi) is 7.29. The molecule has 174 valence electrons. The van der Waals surface area contributed by atoms with Crippen molar-refractivity contribution in [3.63, 3.8) is 0 Å². The first kappa shape index (κ1) is 22.9. The van der Waals surface area contributed by atoms with Gasteiger partial charge in [0.15, 0.2) is 0 Å². The minimum atomic E-state index is -0.360. The van der Waals surface area contributed by atoms with E-state index in [4.69, 9.17) is 23.6 Å². The van der Waals surface area contributed by atoms with Crippen molar-refractivity contribution in [3.05, 3.63) is 65.5 Å². The van der Waals surface area contributed by atoms with E-state index < -0.39 is 0 Å². The average molecular weight is 451 g/mol. The van der Waals surface area contributed by atoms with Crippen LogP contribution in [0.15, 0.2) is 52.9 Å². The van der Waals surface area contributed by atoms with Crippen molar-refractivity contribution in [2.45, 2.75) is 26.3 Å². The predicted octanol–water partition coefficient (Wildman–Crippen LogP) is 4.74. The van der Waals surface area contributed by atoms with Gasteiger partial charge in [-0.05, 0) is 74.8 Å². The largest absolute Gasteiger partial charge is 0.497 e. The van der Waals surface area contributed by atoms with Crippen LogP contribution in [0.5, 0.6) is 11.5 Å². The highest BCUT2D eigenvalue weighted by atomic mass is 16.5. The molecule has 0 amide bonds. The number of oxazole rings is 1. The molecule has 0 saturated carbocycles. The molecule has 1 aromatic heterocycles. The summed E-state index contributed by atoms with van der Waals surface area (Å²) in [6.07, 6.45) is 2.29. The van der Waals surface area contributed by atoms with Crippen molar-refractivity contribution >= 4 is 5.97 Å². The van der Waals surface area contributed by atoms with Crippen LogP contribution in [0.1, 0.15) is 34.7 Å². The number of aromatic nitrogens is 1. The van der Waals surface area contributed by atoms with Gasteiger partial charge in [0, 0.05) is 24.6 Å². The zero-order valence-corrected chi connectivity index (χ0v) is 19.4. The topological polar surface area (TPSA) is 74.0 Å². The number of piperidine rings is 1. The van der Waals surface area contributed by atoms with Crippen LogP contribution in [-0.4, -0.2) is 49.8 Å². The number of esters is 1. The Morgan fingerprint density at radius 2 is 1.82 bits per heavy atom. The molecule has 0 spiro atoms. The summed E-state index contributed by atoms with van der Waals surface area (Å²) in [5.74, 6) is 3.19. The first-order valence-electron chi connectivity index (χ1n) is 11.2. The molecule has 2 heterocycles. The maximum atomic E-state index is 11.6. The molecule has 1 atom stereocenters. The minimum absolute atomic E-state index is 0.360. The minimum Gasteiger partial charge on any atom is -0.497 e. The van der Waals surface area contributed by atoms with E-state index in [1.807, 2.05) is 43.3 Å². The van der Waals surface area contributed by atoms with E-state index in [0.29, 0.717) is 24.0 Å². The van der Waals surface area contributed by atoms with Gasteiger partial charge < -0.3 is 18.6 Å². The molecule has 1 aliphatic heterocycles. The summed E-state index contributed by atoms with van der Waals surface area (Å²) < 4.78 is 21.9. The molecule has 1 aliphatic rings. The Morgan fingerprint density at radius 1 is 1.09 bits per heavy atom. The van der Waals surface area contributed by atoms with Crippen LogP contribution in [0, 0.1) is 12.8 Å². The summed E-state index contributed by atoms with van der Waals surface area (Å²) in [7, 11) is 3.03. The number of aryl methyl sites for hydroxylation is 1. The predicted molar refractivity (Wildman–Crippen MR) is 125 cm³/mol. The fourth-order valence-electron chi connectivity index (χ4n) is 4.09. The number of benzene rings is 2. The van der Waals surface area contributed by atoms with Gasteiger partial charge >= 0.3 is 5.97 Å². The zero-order valence-electron chi connectivity index (χ0n) is 19.4. The summed E-state index contributed by atoms with van der Waals surface area (Å²) in [5, 5.41) is 0. The molecule has 7 nitrogen and oxygen atoms in total. The Balaban J connectivity index is 1.34. The van der Waals surface area contributed by atoms with Gasteiger partial charge in [0.05, 0.1) is 32.1 Å². The van der Waals surface area contributed by atoms with E-state index >= 15 is 0 Å². The van der Waals surface area contributed by atoms with Gasteiger partial charge in [-0.25, -0.2) is 9.78 Å². The van der Waals surface area contributed by atoms with E-state index in [9.17, 15) is 4.79 Å². The van der Waals surface area contributed by atoms with Gasteiger partial charge in [-0.1, -0.05) is 0 Å². The van der Waals surface area contributed by atoms with Gasteiger partial charge in [-0.3, -0.25) is 4.90 Å². The molecule has 0 aliphatic carbocycles. The number of carbonyl (C=O) groups excluding carboxylic acids is 1. The Bertz CT molecular complexity index is 1060. The Hall–Kier alpha value is -3.32. The summed E-state index contributed by atoms with van der Waals surface area (Å²) in [5.41, 5.74) is 2.28. The molecule has 0 N–H and O–H groups in total. The third-order valence-corrected chi connectivity index (χ3v) is 5.97. The molecule has 3 aromatic rings. The second kappa shape index (κ2) is 10.5. The van der Waals surface area contributed by atoms with Crippen LogP contribution in [-0.2, 0) is 11.3 Å². The van der Waals surface area contributed by atoms with Crippen LogP contribution >= 0.6 is 0 Å². The monoisotopic (exact) mass is 450 g/mol. The second-order valence-electron chi connectivity index (χ2n) is 8.32. The van der Waals surface area contributed by atoms with Gasteiger partial charge in [-0.2, -0.15) is 0 Å². The standard InChI is InChI=1S/C26H30N2O5/c1-18-24(27-25(33-18)20-6-8-21(9-7-20)26(29)31-3)16-28-14-4-5-19(15-28)17-32-23-12-10-22(30-2)11-13-23/h6-13,19H,4-5,14-17H2,1-3H3. The van der Waals surface area contributed by atoms with Crippen LogP contribution in [0.25, 0.3) is 11.5 Å². The van der Waals surface area contributed by atoms with Gasteiger partial charge in [-0.15, -0.1) is 0 Å². The van der Waals surface area contributed by atoms with E-state index in [-0.39, 0.29) is 5.97 Å². The van der Waals surface area contributed by atoms with Gasteiger partial charge in [0.25, 0.3) is 0 Å². The Labute approximate surface area is 194 Å². The maximum absolute atomic E-state index is 11.6. The fourth-order valence-corrected chi connectivity index (χ4v) is 4.09. The molecule has 1 fully saturated rings. The average Bonchev–Trinajstić information content (AvgIpc) is 3.22. The highest BCUT2D eigenvalue weighted by Gasteiger charge is 2.23. The molecule has 0 bridgehead atoms. The third-order valence-electron chi connectivity index (χ3n) is 5.97. The highest BCUT2D eigenvalue weighted by molar-refractivity contribution is 5.89. The number of hydrogen-bond donors (Lipinski definition) is 0. The molecule has 1 saturated heterocycles. The summed E-state index contributed by atoms with van der Waals surface area (Å²) in [4.78, 5) is 18.8. The zero-order chi connectivity index (χ0) is 23.2. The van der Waals surface area contributed by atoms with E-state index in [0.717, 1.165) is 61.0 Å². The molecule has 7 heteroatoms. The van der Waals surface area contributed by atoms with Crippen molar-refractivity contribution < 1.29 is 23.4 Å². The van der Waals surface area contributed by atoms with Crippen molar-refractivity contribution in [2.75, 3.05) is 33.9 Å². The van der Waals surface area contributed by atoms with Crippen LogP contribution in [0.2, 0.25) is 0 Å². The van der Waals surface area contributed by atoms with Crippen LogP contribution in [0.4, 0.5) is 0 Å². The molecule has 0 radical (unpaired) electrons. The number of hydrogen-bond acceptors (Lipinski definition) is 7. The lowest BCUT2D eigenvalue weighted by Gasteiger charge is -2.32. The van der Waals surface area contributed by atoms with Crippen LogP contribution < -0.4 is 9.47 Å². The molecular formula is C26H30N2O5. The van der Waals surface area contributed by atoms with Crippen LogP contribution in [0.3, 0.4) is 0 Å². The number of ether oxygens (including phenoxy) is 3. The summed E-state index contributed by atoms with van der Waals surface area (Å²) >= 11 is 0. The first-order chi connectivity index (χ1) is 16.1. The van der Waals surface area contributed by atoms with Gasteiger partial charge in [0.1, 0.15) is 17.3 Å². The second-order valence-corrected chi connectivity index (χ2v) is 8.32. The number of rotatable bonds is 8. The van der Waals surface area contributed by atoms with E-state index in [1.165, 1.54) is 7.11 Å². The lowest BCUT2D eigenvalue weighted by atomic mass is 9.99. The SMILES string of the molecule is COC(=O)c1ccc(-c2nc(CN3CCCC(COc4ccc(OC)cc4)C3)c(C)o2)cc1. The fraction of sp³-hybridized carbons (Fsp3) is 0.385. The highest BCUT2D eigenvalue weighted by Crippen LogP contribution is 2.26. The van der Waals surface area contributed by atoms with Crippen molar-refractivity contribution in [3.8, 4) is 23.0 Å². The first-order valence-corrected chi connectivity index (χ1v) is 11.2. The lowest BCUT2D eigenvalue weighted by molar-refractivity contribution is 0.0600. The summed E-state index contributed by atoms with van der Waals surface area (Å²) in [6, 6.07) is 14.8. The molecule has 4 rings (SSSR count). The van der Waals surface area contributed by atoms with Crippen molar-refractivity contribution in [2.24, 2.45) is 5.92 Å². The third kappa shape index (κ3) is 5.73. The van der Waals surface area contributed by atoms with Gasteiger partial charge in [0.2, 0.25) is 5.89 Å². The number of carbonyl (C=O) groups is 1. The number of methoxy groups -OCH3 is 2. The molecule has 2 aromatic carbocycles.